The number of imidazole rings is 1. The average Bonchev–Trinajstić information content (AvgIpc) is 4.01. The third-order valence-corrected chi connectivity index (χ3v) is 15.1. The smallest absolute Gasteiger partial charge is 0.216 e. The third-order valence-electron chi connectivity index (χ3n) is 15.1. The van der Waals surface area contributed by atoms with E-state index in [1.165, 1.54) is 52.6 Å². The van der Waals surface area contributed by atoms with E-state index in [1.807, 2.05) is 66.9 Å². The number of benzene rings is 6. The van der Waals surface area contributed by atoms with Crippen LogP contribution in [0.5, 0.6) is 0 Å². The number of hydrogen-bond donors (Lipinski definition) is 0. The van der Waals surface area contributed by atoms with Crippen LogP contribution in [0.15, 0.2) is 144 Å². The van der Waals surface area contributed by atoms with Gasteiger partial charge in [-0.15, -0.1) is 47.5 Å². The molecule has 0 saturated heterocycles. The number of pyridine rings is 2. The van der Waals surface area contributed by atoms with Crippen LogP contribution in [0.2, 0.25) is 0 Å². The van der Waals surface area contributed by atoms with E-state index < -0.39 is 13.7 Å². The number of hydrogen-bond acceptors (Lipinski definition) is 4. The van der Waals surface area contributed by atoms with E-state index in [1.54, 1.807) is 18.2 Å². The van der Waals surface area contributed by atoms with Crippen LogP contribution in [0.4, 0.5) is 0 Å². The fourth-order valence-electron chi connectivity index (χ4n) is 10.8. The first-order valence-electron chi connectivity index (χ1n) is 28.9. The summed E-state index contributed by atoms with van der Waals surface area (Å²) in [6.45, 7) is 20.6. The van der Waals surface area contributed by atoms with Crippen molar-refractivity contribution in [2.75, 3.05) is 0 Å². The van der Waals surface area contributed by atoms with Crippen LogP contribution >= 0.6 is 0 Å². The van der Waals surface area contributed by atoms with E-state index >= 15 is 0 Å². The van der Waals surface area contributed by atoms with E-state index in [2.05, 4.69) is 157 Å². The number of rotatable bonds is 7. The molecule has 0 bridgehead atoms. The van der Waals surface area contributed by atoms with Crippen LogP contribution in [-0.2, 0) is 36.4 Å². The first-order chi connectivity index (χ1) is 37.2. The molecule has 0 saturated carbocycles. The molecule has 0 spiro atoms. The van der Waals surface area contributed by atoms with Gasteiger partial charge in [-0.05, 0) is 134 Å². The predicted octanol–water partition coefficient (Wildman–Crippen LogP) is 18.6. The molecule has 0 amide bonds. The predicted molar refractivity (Wildman–Crippen MR) is 306 cm³/mol. The van der Waals surface area contributed by atoms with Gasteiger partial charge >= 0.3 is 0 Å². The second-order valence-electron chi connectivity index (χ2n) is 22.9. The van der Waals surface area contributed by atoms with Gasteiger partial charge in [-0.2, -0.15) is 0 Å². The minimum Gasteiger partial charge on any atom is -0.486 e. The van der Waals surface area contributed by atoms with E-state index in [4.69, 9.17) is 17.6 Å². The second-order valence-corrected chi connectivity index (χ2v) is 22.9. The molecule has 0 fully saturated rings. The Labute approximate surface area is 461 Å². The summed E-state index contributed by atoms with van der Waals surface area (Å²) in [7, 11) is 0. The van der Waals surface area contributed by atoms with E-state index in [0.29, 0.717) is 28.0 Å². The summed E-state index contributed by atoms with van der Waals surface area (Å²) < 4.78 is 56.0. The van der Waals surface area contributed by atoms with Gasteiger partial charge in [0, 0.05) is 51.3 Å². The summed E-state index contributed by atoms with van der Waals surface area (Å²) in [4.78, 5) is 14.3. The molecule has 11 rings (SSSR count). The Morgan fingerprint density at radius 3 is 2.08 bits per heavy atom. The maximum absolute atomic E-state index is 7.92. The van der Waals surface area contributed by atoms with E-state index in [0.717, 1.165) is 55.7 Å². The molecule has 1 aliphatic rings. The van der Waals surface area contributed by atoms with E-state index in [9.17, 15) is 0 Å². The van der Waals surface area contributed by atoms with Crippen molar-refractivity contribution >= 4 is 33.1 Å². The molecule has 4 heterocycles. The van der Waals surface area contributed by atoms with Crippen molar-refractivity contribution in [2.24, 2.45) is 0 Å². The zero-order valence-corrected chi connectivity index (χ0v) is 47.0. The Morgan fingerprint density at radius 1 is 0.689 bits per heavy atom. The molecule has 6 heteroatoms. The number of furan rings is 1. The molecule has 4 aromatic heterocycles. The Balaban J connectivity index is 0.000000241. The van der Waals surface area contributed by atoms with Gasteiger partial charge in [0.1, 0.15) is 0 Å². The SMILES string of the molecule is [2H]C([2H])([2H])c1c[c-]c(-c2ccc(C(C)(C)C)cn2)cc1-c1ccccc1.[2H]C([2H])([2H])c1ccc2c(n1)oc1c(-c3nc4ccccc4n3-c3c(C(C)C)cc(-c4ccc5c(c4)C(C)(C)CCCC5(C)C)cc3C(C)C)[c-]ccc12.[Ir]. The largest absolute Gasteiger partial charge is 0.486 e. The topological polar surface area (TPSA) is 56.7 Å². The van der Waals surface area contributed by atoms with Crippen molar-refractivity contribution < 1.29 is 32.7 Å². The van der Waals surface area contributed by atoms with Crippen molar-refractivity contribution in [3.63, 3.8) is 0 Å². The maximum atomic E-state index is 7.92. The standard InChI is InChI=1S/C46H48N3O.C22H22N.Ir/c1-27(2)35-24-31(30-19-21-37-38(26-30)46(8,9)23-13-22-45(37,6)7)25-36(28(3)4)41(35)49-40-17-11-10-16-39(40)48-43(49)34-15-12-14-32-33-20-18-29(5)47-44(33)50-42(32)34;1-16-10-11-18(14-20(16)17-8-6-5-7-9-17)21-13-12-19(15-23-21)22(2,3)4;/h10-12,14,16-21,24-28H,13,22-23H2,1-9H3;5-10,12-15H,1-4H3;/q2*-1;/i5D3;1D3;. The zero-order chi connectivity index (χ0) is 56.6. The number of para-hydroxylation sites is 2. The van der Waals surface area contributed by atoms with Crippen molar-refractivity contribution in [1.82, 2.24) is 19.5 Å². The zero-order valence-electron chi connectivity index (χ0n) is 50.6. The molecular formula is C68H70IrN4O-2. The van der Waals surface area contributed by atoms with Crippen LogP contribution in [0, 0.1) is 25.8 Å². The minimum atomic E-state index is -2.34. The molecule has 1 aliphatic carbocycles. The molecule has 5 nitrogen and oxygen atoms in total. The molecule has 0 N–H and O–H groups in total. The number of aromatic nitrogens is 4. The summed E-state index contributed by atoms with van der Waals surface area (Å²) in [5.41, 5.74) is 17.4. The molecule has 379 valence electrons. The van der Waals surface area contributed by atoms with Crippen molar-refractivity contribution in [2.45, 2.75) is 137 Å². The van der Waals surface area contributed by atoms with Gasteiger partial charge in [0.2, 0.25) is 5.71 Å². The molecular weight excluding hydrogens is 1080 g/mol. The molecule has 0 unspecified atom stereocenters. The van der Waals surface area contributed by atoms with Crippen LogP contribution < -0.4 is 0 Å². The molecule has 10 aromatic rings. The summed E-state index contributed by atoms with van der Waals surface area (Å²) in [6, 6.07) is 51.1. The Morgan fingerprint density at radius 2 is 1.41 bits per heavy atom. The Bertz CT molecular complexity index is 3870. The van der Waals surface area contributed by atoms with Gasteiger partial charge in [-0.3, -0.25) is 4.98 Å². The quantitative estimate of drug-likeness (QED) is 0.118. The van der Waals surface area contributed by atoms with Crippen molar-refractivity contribution in [3.05, 3.63) is 191 Å². The first-order valence-corrected chi connectivity index (χ1v) is 25.9. The number of aryl methyl sites for hydroxylation is 2. The van der Waals surface area contributed by atoms with Crippen LogP contribution in [0.1, 0.15) is 155 Å². The molecule has 6 aromatic carbocycles. The molecule has 0 aliphatic heterocycles. The summed E-state index contributed by atoms with van der Waals surface area (Å²) in [5.74, 6) is 1.14. The fraction of sp³-hybridized carbons (Fsp3) is 0.309. The van der Waals surface area contributed by atoms with Crippen molar-refractivity contribution in [1.29, 1.82) is 0 Å². The third kappa shape index (κ3) is 9.96. The Hall–Kier alpha value is -6.46. The van der Waals surface area contributed by atoms with Crippen LogP contribution in [-0.4, -0.2) is 19.5 Å². The van der Waals surface area contributed by atoms with Crippen LogP contribution in [0.25, 0.3) is 83.7 Å². The first kappa shape index (κ1) is 45.0. The van der Waals surface area contributed by atoms with E-state index in [-0.39, 0.29) is 53.9 Å². The minimum absolute atomic E-state index is 0. The average molecular weight is 1160 g/mol. The fourth-order valence-corrected chi connectivity index (χ4v) is 10.8. The molecule has 74 heavy (non-hydrogen) atoms. The summed E-state index contributed by atoms with van der Waals surface area (Å²) in [6.07, 6.45) is 5.49. The van der Waals surface area contributed by atoms with Gasteiger partial charge in [-0.1, -0.05) is 179 Å². The Kier molecular flexibility index (Phi) is 12.4. The number of nitrogens with zero attached hydrogens (tertiary/aromatic N) is 4. The summed E-state index contributed by atoms with van der Waals surface area (Å²) in [5, 5.41) is 1.60. The number of fused-ring (bicyclic) bond motifs is 5. The molecule has 1 radical (unpaired) electrons. The van der Waals surface area contributed by atoms with Gasteiger partial charge in [0.05, 0.1) is 22.4 Å². The van der Waals surface area contributed by atoms with Crippen molar-refractivity contribution in [3.8, 4) is 50.6 Å². The monoisotopic (exact) mass is 1160 g/mol. The normalized spacial score (nSPS) is 15.7. The van der Waals surface area contributed by atoms with Gasteiger partial charge < -0.3 is 14.0 Å². The summed E-state index contributed by atoms with van der Waals surface area (Å²) >= 11 is 0. The van der Waals surface area contributed by atoms with Gasteiger partial charge in [0.25, 0.3) is 0 Å². The van der Waals surface area contributed by atoms with Crippen LogP contribution in [0.3, 0.4) is 0 Å². The maximum Gasteiger partial charge on any atom is 0.216 e. The molecule has 0 atom stereocenters. The van der Waals surface area contributed by atoms with Gasteiger partial charge in [-0.25, -0.2) is 4.98 Å². The van der Waals surface area contributed by atoms with Gasteiger partial charge in [0.15, 0.2) is 0 Å². The second kappa shape index (κ2) is 20.3.